The zero-order chi connectivity index (χ0) is 14.7. The smallest absolute Gasteiger partial charge is 0.237 e. The molecule has 2 N–H and O–H groups in total. The SMILES string of the molecule is COc1ncccc1NC(=O)Cc1c[nH]c2ccccc12. The topological polar surface area (TPSA) is 67.0 Å². The van der Waals surface area contributed by atoms with Crippen LogP contribution in [0.25, 0.3) is 10.9 Å². The summed E-state index contributed by atoms with van der Waals surface area (Å²) in [5, 5.41) is 3.89. The quantitative estimate of drug-likeness (QED) is 0.772. The number of H-pyrrole nitrogens is 1. The average Bonchev–Trinajstić information content (AvgIpc) is 2.91. The molecule has 1 aromatic carbocycles. The minimum absolute atomic E-state index is 0.106. The first kappa shape index (κ1) is 13.2. The van der Waals surface area contributed by atoms with Gasteiger partial charge in [-0.1, -0.05) is 18.2 Å². The van der Waals surface area contributed by atoms with Gasteiger partial charge in [0, 0.05) is 23.3 Å². The Morgan fingerprint density at radius 3 is 3.00 bits per heavy atom. The number of hydrogen-bond acceptors (Lipinski definition) is 3. The molecule has 0 aliphatic rings. The molecule has 0 unspecified atom stereocenters. The maximum absolute atomic E-state index is 12.2. The van der Waals surface area contributed by atoms with E-state index < -0.39 is 0 Å². The molecule has 3 aromatic rings. The van der Waals surface area contributed by atoms with Gasteiger partial charge in [0.2, 0.25) is 11.8 Å². The summed E-state index contributed by atoms with van der Waals surface area (Å²) < 4.78 is 5.12. The molecule has 0 radical (unpaired) electrons. The Balaban J connectivity index is 1.77. The van der Waals surface area contributed by atoms with Gasteiger partial charge < -0.3 is 15.0 Å². The highest BCUT2D eigenvalue weighted by molar-refractivity contribution is 5.96. The standard InChI is InChI=1S/C16H15N3O2/c1-21-16-14(7-4-8-17-16)19-15(20)9-11-10-18-13-6-3-2-5-12(11)13/h2-8,10,18H,9H2,1H3,(H,19,20). The summed E-state index contributed by atoms with van der Waals surface area (Å²) in [6.07, 6.45) is 3.78. The molecule has 0 bridgehead atoms. The Morgan fingerprint density at radius 1 is 1.29 bits per heavy atom. The van der Waals surface area contributed by atoms with Crippen LogP contribution < -0.4 is 10.1 Å². The number of hydrogen-bond donors (Lipinski definition) is 2. The summed E-state index contributed by atoms with van der Waals surface area (Å²) in [6, 6.07) is 11.4. The number of aromatic nitrogens is 2. The summed E-state index contributed by atoms with van der Waals surface area (Å²) >= 11 is 0. The number of anilines is 1. The van der Waals surface area contributed by atoms with Crippen LogP contribution in [0.4, 0.5) is 5.69 Å². The second-order valence-electron chi connectivity index (χ2n) is 4.64. The number of amides is 1. The number of aromatic amines is 1. The van der Waals surface area contributed by atoms with Crippen molar-refractivity contribution in [1.29, 1.82) is 0 Å². The Morgan fingerprint density at radius 2 is 2.14 bits per heavy atom. The molecule has 3 rings (SSSR count). The summed E-state index contributed by atoms with van der Waals surface area (Å²) in [4.78, 5) is 19.4. The predicted molar refractivity (Wildman–Crippen MR) is 81.4 cm³/mol. The van der Waals surface area contributed by atoms with Crippen LogP contribution in [0, 0.1) is 0 Å². The third kappa shape index (κ3) is 2.72. The molecule has 0 fully saturated rings. The summed E-state index contributed by atoms with van der Waals surface area (Å²) in [6.45, 7) is 0. The molecule has 5 heteroatoms. The molecule has 5 nitrogen and oxygen atoms in total. The molecule has 0 saturated heterocycles. The molecular weight excluding hydrogens is 266 g/mol. The summed E-state index contributed by atoms with van der Waals surface area (Å²) in [5.74, 6) is 0.302. The van der Waals surface area contributed by atoms with Crippen molar-refractivity contribution in [3.63, 3.8) is 0 Å². The van der Waals surface area contributed by atoms with Gasteiger partial charge in [-0.3, -0.25) is 4.79 Å². The number of rotatable bonds is 4. The number of para-hydroxylation sites is 1. The van der Waals surface area contributed by atoms with Gasteiger partial charge in [-0.15, -0.1) is 0 Å². The first-order chi connectivity index (χ1) is 10.3. The van der Waals surface area contributed by atoms with Crippen LogP contribution in [0.5, 0.6) is 5.88 Å². The van der Waals surface area contributed by atoms with Crippen LogP contribution in [0.15, 0.2) is 48.8 Å². The molecule has 2 aromatic heterocycles. The van der Waals surface area contributed by atoms with Crippen LogP contribution in [-0.2, 0) is 11.2 Å². The van der Waals surface area contributed by atoms with Crippen LogP contribution in [0.2, 0.25) is 0 Å². The number of nitrogens with one attached hydrogen (secondary N) is 2. The van der Waals surface area contributed by atoms with Crippen molar-refractivity contribution in [2.24, 2.45) is 0 Å². The third-order valence-corrected chi connectivity index (χ3v) is 3.26. The van der Waals surface area contributed by atoms with Gasteiger partial charge >= 0.3 is 0 Å². The number of pyridine rings is 1. The van der Waals surface area contributed by atoms with Crippen molar-refractivity contribution >= 4 is 22.5 Å². The molecule has 2 heterocycles. The number of benzene rings is 1. The molecule has 0 spiro atoms. The lowest BCUT2D eigenvalue weighted by Crippen LogP contribution is -2.15. The molecular formula is C16H15N3O2. The van der Waals surface area contributed by atoms with Crippen molar-refractivity contribution in [3.8, 4) is 5.88 Å². The van der Waals surface area contributed by atoms with E-state index in [0.29, 0.717) is 18.0 Å². The van der Waals surface area contributed by atoms with Crippen molar-refractivity contribution < 1.29 is 9.53 Å². The van der Waals surface area contributed by atoms with Gasteiger partial charge in [0.1, 0.15) is 5.69 Å². The van der Waals surface area contributed by atoms with E-state index in [2.05, 4.69) is 15.3 Å². The molecule has 106 valence electrons. The van der Waals surface area contributed by atoms with Crippen molar-refractivity contribution in [2.45, 2.75) is 6.42 Å². The van der Waals surface area contributed by atoms with E-state index >= 15 is 0 Å². The van der Waals surface area contributed by atoms with E-state index in [-0.39, 0.29) is 5.91 Å². The minimum Gasteiger partial charge on any atom is -0.480 e. The normalized spacial score (nSPS) is 10.5. The Labute approximate surface area is 122 Å². The molecule has 0 aliphatic carbocycles. The van der Waals surface area contributed by atoms with Crippen LogP contribution in [0.3, 0.4) is 0 Å². The third-order valence-electron chi connectivity index (χ3n) is 3.26. The molecule has 0 saturated carbocycles. The van der Waals surface area contributed by atoms with Gasteiger partial charge in [0.25, 0.3) is 0 Å². The Kier molecular flexibility index (Phi) is 3.55. The van der Waals surface area contributed by atoms with Crippen molar-refractivity contribution in [1.82, 2.24) is 9.97 Å². The van der Waals surface area contributed by atoms with Gasteiger partial charge in [-0.25, -0.2) is 4.98 Å². The number of carbonyl (C=O) groups is 1. The van der Waals surface area contributed by atoms with Gasteiger partial charge in [-0.2, -0.15) is 0 Å². The van der Waals surface area contributed by atoms with E-state index in [0.717, 1.165) is 16.5 Å². The maximum Gasteiger partial charge on any atom is 0.237 e. The monoisotopic (exact) mass is 281 g/mol. The fourth-order valence-electron chi connectivity index (χ4n) is 2.29. The van der Waals surface area contributed by atoms with E-state index in [1.807, 2.05) is 30.5 Å². The van der Waals surface area contributed by atoms with Crippen LogP contribution >= 0.6 is 0 Å². The lowest BCUT2D eigenvalue weighted by atomic mass is 10.1. The van der Waals surface area contributed by atoms with Gasteiger partial charge in [-0.05, 0) is 23.8 Å². The van der Waals surface area contributed by atoms with Gasteiger partial charge in [0.05, 0.1) is 13.5 Å². The maximum atomic E-state index is 12.2. The predicted octanol–water partition coefficient (Wildman–Crippen LogP) is 2.75. The van der Waals surface area contributed by atoms with E-state index in [1.165, 1.54) is 7.11 Å². The molecule has 0 atom stereocenters. The molecule has 0 aliphatic heterocycles. The largest absolute Gasteiger partial charge is 0.480 e. The first-order valence-electron chi connectivity index (χ1n) is 6.62. The fraction of sp³-hybridized carbons (Fsp3) is 0.125. The van der Waals surface area contributed by atoms with E-state index in [9.17, 15) is 4.79 Å². The Hall–Kier alpha value is -2.82. The van der Waals surface area contributed by atoms with E-state index in [4.69, 9.17) is 4.74 Å². The summed E-state index contributed by atoms with van der Waals surface area (Å²) in [5.41, 5.74) is 2.56. The number of ether oxygens (including phenoxy) is 1. The highest BCUT2D eigenvalue weighted by atomic mass is 16.5. The zero-order valence-electron chi connectivity index (χ0n) is 11.6. The second-order valence-corrected chi connectivity index (χ2v) is 4.64. The van der Waals surface area contributed by atoms with Crippen LogP contribution in [0.1, 0.15) is 5.56 Å². The van der Waals surface area contributed by atoms with Gasteiger partial charge in [0.15, 0.2) is 0 Å². The summed E-state index contributed by atoms with van der Waals surface area (Å²) in [7, 11) is 1.53. The number of carbonyl (C=O) groups excluding carboxylic acids is 1. The highest BCUT2D eigenvalue weighted by Gasteiger charge is 2.11. The lowest BCUT2D eigenvalue weighted by molar-refractivity contribution is -0.115. The highest BCUT2D eigenvalue weighted by Crippen LogP contribution is 2.21. The number of methoxy groups -OCH3 is 1. The Bertz CT molecular complexity index is 780. The zero-order valence-corrected chi connectivity index (χ0v) is 11.6. The molecule has 1 amide bonds. The minimum atomic E-state index is -0.106. The number of nitrogens with zero attached hydrogens (tertiary/aromatic N) is 1. The van der Waals surface area contributed by atoms with Crippen molar-refractivity contribution in [2.75, 3.05) is 12.4 Å². The van der Waals surface area contributed by atoms with Crippen LogP contribution in [-0.4, -0.2) is 23.0 Å². The number of fused-ring (bicyclic) bond motifs is 1. The van der Waals surface area contributed by atoms with Crippen molar-refractivity contribution in [3.05, 3.63) is 54.4 Å². The first-order valence-corrected chi connectivity index (χ1v) is 6.62. The lowest BCUT2D eigenvalue weighted by Gasteiger charge is -2.08. The second kappa shape index (κ2) is 5.66. The van der Waals surface area contributed by atoms with E-state index in [1.54, 1.807) is 18.3 Å². The molecule has 21 heavy (non-hydrogen) atoms. The average molecular weight is 281 g/mol. The fourth-order valence-corrected chi connectivity index (χ4v) is 2.29.